The minimum Gasteiger partial charge on any atom is -0.478 e. The third-order valence-electron chi connectivity index (χ3n) is 2.10. The molecule has 0 radical (unpaired) electrons. The third-order valence-corrected chi connectivity index (χ3v) is 2.10. The zero-order valence-corrected chi connectivity index (χ0v) is 8.71. The van der Waals surface area contributed by atoms with Crippen molar-refractivity contribution in [1.29, 1.82) is 0 Å². The van der Waals surface area contributed by atoms with E-state index in [4.69, 9.17) is 5.11 Å². The zero-order valence-electron chi connectivity index (χ0n) is 8.71. The van der Waals surface area contributed by atoms with E-state index in [1.807, 2.05) is 0 Å². The van der Waals surface area contributed by atoms with Crippen molar-refractivity contribution in [3.05, 3.63) is 45.5 Å². The Morgan fingerprint density at radius 1 is 1.44 bits per heavy atom. The molecular weight excluding hydrogens is 210 g/mol. The van der Waals surface area contributed by atoms with E-state index in [9.17, 15) is 14.9 Å². The van der Waals surface area contributed by atoms with Crippen LogP contribution in [0.1, 0.15) is 18.9 Å². The molecule has 0 aliphatic carbocycles. The number of non-ortho nitro benzene ring substituents is 1. The number of nitrogens with zero attached hydrogens (tertiary/aromatic N) is 1. The number of carboxylic acid groups (broad SMARTS) is 1. The van der Waals surface area contributed by atoms with E-state index >= 15 is 0 Å². The summed E-state index contributed by atoms with van der Waals surface area (Å²) in [6, 6.07) is 5.75. The lowest BCUT2D eigenvalue weighted by Crippen LogP contribution is -1.98. The quantitative estimate of drug-likeness (QED) is 0.481. The fourth-order valence-corrected chi connectivity index (χ4v) is 1.21. The van der Waals surface area contributed by atoms with Crippen molar-refractivity contribution in [2.24, 2.45) is 0 Å². The predicted octanol–water partition coefficient (Wildman–Crippen LogP) is 2.47. The molecule has 84 valence electrons. The summed E-state index contributed by atoms with van der Waals surface area (Å²) in [5, 5.41) is 19.2. The Labute approximate surface area is 92.2 Å². The molecule has 5 nitrogen and oxygen atoms in total. The zero-order chi connectivity index (χ0) is 12.1. The fraction of sp³-hybridized carbons (Fsp3) is 0.182. The van der Waals surface area contributed by atoms with Gasteiger partial charge in [-0.3, -0.25) is 10.1 Å². The van der Waals surface area contributed by atoms with Crippen molar-refractivity contribution in [1.82, 2.24) is 0 Å². The van der Waals surface area contributed by atoms with Crippen LogP contribution in [0.5, 0.6) is 0 Å². The smallest absolute Gasteiger partial charge is 0.331 e. The molecular formula is C11H11NO4. The molecule has 1 rings (SSSR count). The van der Waals surface area contributed by atoms with E-state index < -0.39 is 10.9 Å². The Morgan fingerprint density at radius 2 is 2.00 bits per heavy atom. The maximum atomic E-state index is 10.7. The molecule has 1 aromatic rings. The van der Waals surface area contributed by atoms with Gasteiger partial charge in [0.15, 0.2) is 0 Å². The highest BCUT2D eigenvalue weighted by Gasteiger charge is 2.06. The molecule has 16 heavy (non-hydrogen) atoms. The van der Waals surface area contributed by atoms with Gasteiger partial charge < -0.3 is 5.11 Å². The average molecular weight is 221 g/mol. The van der Waals surface area contributed by atoms with Gasteiger partial charge in [-0.2, -0.15) is 0 Å². The molecule has 0 atom stereocenters. The van der Waals surface area contributed by atoms with Gasteiger partial charge in [-0.05, 0) is 30.2 Å². The van der Waals surface area contributed by atoms with Gasteiger partial charge in [-0.15, -0.1) is 0 Å². The van der Waals surface area contributed by atoms with E-state index in [1.165, 1.54) is 30.3 Å². The monoisotopic (exact) mass is 221 g/mol. The third kappa shape index (κ3) is 2.91. The number of aliphatic carboxylic acids is 1. The molecule has 0 aliphatic rings. The normalized spacial score (nSPS) is 11.2. The summed E-state index contributed by atoms with van der Waals surface area (Å²) < 4.78 is 0. The lowest BCUT2D eigenvalue weighted by atomic mass is 10.1. The van der Waals surface area contributed by atoms with Crippen molar-refractivity contribution in [2.45, 2.75) is 13.3 Å². The molecule has 0 fully saturated rings. The lowest BCUT2D eigenvalue weighted by Gasteiger charge is -1.98. The number of hydrogen-bond donors (Lipinski definition) is 1. The minimum atomic E-state index is -0.971. The molecule has 1 N–H and O–H groups in total. The van der Waals surface area contributed by atoms with Crippen LogP contribution in [0.4, 0.5) is 5.69 Å². The molecule has 1 aromatic carbocycles. The SMILES string of the molecule is CC/C(=C/c1ccc([N+](=O)[O-])cc1)C(=O)O. The molecule has 0 heterocycles. The topological polar surface area (TPSA) is 80.4 Å². The summed E-state index contributed by atoms with van der Waals surface area (Å²) >= 11 is 0. The highest BCUT2D eigenvalue weighted by molar-refractivity contribution is 5.92. The Kier molecular flexibility index (Phi) is 3.77. The highest BCUT2D eigenvalue weighted by atomic mass is 16.6. The van der Waals surface area contributed by atoms with Crippen LogP contribution < -0.4 is 0 Å². The number of carbonyl (C=O) groups is 1. The van der Waals surface area contributed by atoms with E-state index in [2.05, 4.69) is 0 Å². The van der Waals surface area contributed by atoms with Crippen LogP contribution in [-0.4, -0.2) is 16.0 Å². The average Bonchev–Trinajstić information content (AvgIpc) is 2.26. The number of rotatable bonds is 4. The molecule has 0 bridgehead atoms. The summed E-state index contributed by atoms with van der Waals surface area (Å²) in [5.74, 6) is -0.971. The fourth-order valence-electron chi connectivity index (χ4n) is 1.21. The summed E-state index contributed by atoms with van der Waals surface area (Å²) in [7, 11) is 0. The molecule has 0 saturated heterocycles. The van der Waals surface area contributed by atoms with Gasteiger partial charge in [0.2, 0.25) is 0 Å². The van der Waals surface area contributed by atoms with Crippen molar-refractivity contribution in [3.8, 4) is 0 Å². The van der Waals surface area contributed by atoms with E-state index in [0.29, 0.717) is 12.0 Å². The van der Waals surface area contributed by atoms with Crippen LogP contribution in [0.15, 0.2) is 29.8 Å². The van der Waals surface area contributed by atoms with Gasteiger partial charge >= 0.3 is 5.97 Å². The van der Waals surface area contributed by atoms with Crippen molar-refractivity contribution in [2.75, 3.05) is 0 Å². The second-order valence-corrected chi connectivity index (χ2v) is 3.18. The second-order valence-electron chi connectivity index (χ2n) is 3.18. The van der Waals surface area contributed by atoms with Crippen LogP contribution >= 0.6 is 0 Å². The molecule has 0 saturated carbocycles. The number of carboxylic acids is 1. The maximum absolute atomic E-state index is 10.7. The molecule has 0 amide bonds. The number of benzene rings is 1. The van der Waals surface area contributed by atoms with Gasteiger partial charge in [-0.25, -0.2) is 4.79 Å². The van der Waals surface area contributed by atoms with E-state index in [-0.39, 0.29) is 11.3 Å². The molecule has 0 aliphatic heterocycles. The minimum absolute atomic E-state index is 0.00877. The van der Waals surface area contributed by atoms with Crippen LogP contribution in [0.3, 0.4) is 0 Å². The molecule has 5 heteroatoms. The first kappa shape index (κ1) is 11.9. The molecule has 0 unspecified atom stereocenters. The first-order valence-corrected chi connectivity index (χ1v) is 4.73. The Balaban J connectivity index is 2.98. The van der Waals surface area contributed by atoms with Gasteiger partial charge in [0.1, 0.15) is 0 Å². The first-order valence-electron chi connectivity index (χ1n) is 4.73. The second kappa shape index (κ2) is 5.06. The van der Waals surface area contributed by atoms with E-state index in [1.54, 1.807) is 6.92 Å². The van der Waals surface area contributed by atoms with Crippen molar-refractivity contribution in [3.63, 3.8) is 0 Å². The van der Waals surface area contributed by atoms with Gasteiger partial charge in [0, 0.05) is 17.7 Å². The van der Waals surface area contributed by atoms with Gasteiger partial charge in [-0.1, -0.05) is 6.92 Å². The maximum Gasteiger partial charge on any atom is 0.331 e. The number of nitro benzene ring substituents is 1. The number of nitro groups is 1. The lowest BCUT2D eigenvalue weighted by molar-refractivity contribution is -0.384. The van der Waals surface area contributed by atoms with Crippen LogP contribution in [0.2, 0.25) is 0 Å². The Hall–Kier alpha value is -2.17. The Bertz CT molecular complexity index is 434. The van der Waals surface area contributed by atoms with E-state index in [0.717, 1.165) is 0 Å². The predicted molar refractivity (Wildman–Crippen MR) is 59.0 cm³/mol. The Morgan fingerprint density at radius 3 is 2.38 bits per heavy atom. The largest absolute Gasteiger partial charge is 0.478 e. The summed E-state index contributed by atoms with van der Waals surface area (Å²) in [5.41, 5.74) is 0.907. The summed E-state index contributed by atoms with van der Waals surface area (Å²) in [6.45, 7) is 1.74. The van der Waals surface area contributed by atoms with Crippen LogP contribution in [-0.2, 0) is 4.79 Å². The highest BCUT2D eigenvalue weighted by Crippen LogP contribution is 2.15. The van der Waals surface area contributed by atoms with Crippen LogP contribution in [0.25, 0.3) is 6.08 Å². The van der Waals surface area contributed by atoms with Crippen LogP contribution in [0, 0.1) is 10.1 Å². The number of hydrogen-bond acceptors (Lipinski definition) is 3. The van der Waals surface area contributed by atoms with Gasteiger partial charge in [0.05, 0.1) is 4.92 Å². The van der Waals surface area contributed by atoms with Gasteiger partial charge in [0.25, 0.3) is 5.69 Å². The summed E-state index contributed by atoms with van der Waals surface area (Å²) in [6.07, 6.45) is 1.92. The molecule has 0 aromatic heterocycles. The van der Waals surface area contributed by atoms with Crippen molar-refractivity contribution < 1.29 is 14.8 Å². The van der Waals surface area contributed by atoms with Crippen molar-refractivity contribution >= 4 is 17.7 Å². The molecule has 0 spiro atoms. The standard InChI is InChI=1S/C11H11NO4/c1-2-9(11(13)14)7-8-3-5-10(6-4-8)12(15)16/h3-7H,2H2,1H3,(H,13,14)/b9-7-. The summed E-state index contributed by atoms with van der Waals surface area (Å²) in [4.78, 5) is 20.6. The first-order chi connectivity index (χ1) is 7.54.